The summed E-state index contributed by atoms with van der Waals surface area (Å²) in [5.41, 5.74) is -1.13. The van der Waals surface area contributed by atoms with Gasteiger partial charge in [0.15, 0.2) is 0 Å². The summed E-state index contributed by atoms with van der Waals surface area (Å²) in [7, 11) is 0. The molecule has 2 N–H and O–H groups in total. The van der Waals surface area contributed by atoms with Gasteiger partial charge in [-0.1, -0.05) is 0 Å². The second kappa shape index (κ2) is 10.2. The average molecular weight is 548 g/mol. The normalized spacial score (nSPS) is 13.4. The Labute approximate surface area is 189 Å². The van der Waals surface area contributed by atoms with Gasteiger partial charge in [-0.2, -0.15) is 0 Å². The summed E-state index contributed by atoms with van der Waals surface area (Å²) in [6.45, 7) is 7.50. The number of hydrogen-bond acceptors (Lipinski definition) is 4. The minimum absolute atomic E-state index is 0.105. The Morgan fingerprint density at radius 3 is 2.45 bits per heavy atom. The van der Waals surface area contributed by atoms with Gasteiger partial charge in [0.25, 0.3) is 0 Å². The molecule has 2 aromatic rings. The molecule has 0 aliphatic carbocycles. The van der Waals surface area contributed by atoms with Crippen LogP contribution in [0.5, 0.6) is 0 Å². The maximum absolute atomic E-state index is 13.9. The van der Waals surface area contributed by atoms with Crippen molar-refractivity contribution in [2.75, 3.05) is 11.9 Å². The van der Waals surface area contributed by atoms with Crippen LogP contribution in [0.2, 0.25) is 3.43 Å². The molecular formula is C20H27F4N5OSn. The predicted octanol–water partition coefficient (Wildman–Crippen LogP) is 3.65. The molecule has 1 atom stereocenters. The van der Waals surface area contributed by atoms with Crippen LogP contribution in [0.3, 0.4) is 0 Å². The van der Waals surface area contributed by atoms with E-state index < -0.39 is 58.4 Å². The van der Waals surface area contributed by atoms with Crippen molar-refractivity contribution in [1.82, 2.24) is 20.1 Å². The van der Waals surface area contributed by atoms with E-state index in [1.807, 2.05) is 0 Å². The molecular weight excluding hydrogens is 521 g/mol. The quantitative estimate of drug-likeness (QED) is 0.371. The van der Waals surface area contributed by atoms with Crippen molar-refractivity contribution >= 4 is 42.1 Å². The van der Waals surface area contributed by atoms with E-state index in [1.54, 1.807) is 6.07 Å². The second-order valence-corrected chi connectivity index (χ2v) is 15.2. The molecule has 31 heavy (non-hydrogen) atoms. The summed E-state index contributed by atoms with van der Waals surface area (Å²) in [5, 5.41) is 9.28. The molecule has 0 bridgehead atoms. The first kappa shape index (κ1) is 25.4. The van der Waals surface area contributed by atoms with E-state index in [2.05, 4.69) is 41.5 Å². The number of halogens is 4. The van der Waals surface area contributed by atoms with Gasteiger partial charge in [-0.3, -0.25) is 0 Å². The summed E-state index contributed by atoms with van der Waals surface area (Å²) >= 11 is -1.11. The number of pyridine rings is 1. The molecule has 0 saturated carbocycles. The SMILES string of the molecule is C[C](C)(C)[Sn][c]1cc(Nc2cnn(CC(F)F)c2)c(C(=O)NC[C@@H](F)C(C)(C)F)cn1. The van der Waals surface area contributed by atoms with E-state index >= 15 is 0 Å². The van der Waals surface area contributed by atoms with Crippen molar-refractivity contribution in [3.05, 3.63) is 30.2 Å². The van der Waals surface area contributed by atoms with Gasteiger partial charge in [-0.25, -0.2) is 0 Å². The number of alkyl halides is 4. The van der Waals surface area contributed by atoms with Crippen molar-refractivity contribution < 1.29 is 22.4 Å². The summed E-state index contributed by atoms with van der Waals surface area (Å²) in [4.78, 5) is 17.0. The number of nitrogens with zero attached hydrogens (tertiary/aromatic N) is 3. The van der Waals surface area contributed by atoms with Crippen molar-refractivity contribution in [3.63, 3.8) is 0 Å². The first-order chi connectivity index (χ1) is 14.2. The fourth-order valence-corrected chi connectivity index (χ4v) is 5.72. The number of hydrogen-bond donors (Lipinski definition) is 2. The fraction of sp³-hybridized carbons (Fsp3) is 0.550. The van der Waals surface area contributed by atoms with E-state index in [9.17, 15) is 22.4 Å². The third-order valence-electron chi connectivity index (χ3n) is 4.08. The number of anilines is 2. The predicted molar refractivity (Wildman–Crippen MR) is 113 cm³/mol. The van der Waals surface area contributed by atoms with Crippen LogP contribution in [0, 0.1) is 0 Å². The zero-order valence-electron chi connectivity index (χ0n) is 18.1. The Hall–Kier alpha value is -1.85. The zero-order chi connectivity index (χ0) is 23.4. The van der Waals surface area contributed by atoms with Crippen LogP contribution in [0.4, 0.5) is 28.9 Å². The number of carbonyl (C=O) groups excluding carboxylic acids is 1. The number of amides is 1. The van der Waals surface area contributed by atoms with Crippen molar-refractivity contribution in [3.8, 4) is 0 Å². The minimum atomic E-state index is -2.55. The first-order valence-electron chi connectivity index (χ1n) is 9.71. The molecule has 11 heteroatoms. The molecule has 0 aromatic carbocycles. The van der Waals surface area contributed by atoms with Crippen LogP contribution in [0.15, 0.2) is 24.7 Å². The van der Waals surface area contributed by atoms with Crippen LogP contribution in [0.1, 0.15) is 45.0 Å². The number of rotatable bonds is 9. The molecule has 2 rings (SSSR count). The molecule has 2 aromatic heterocycles. The summed E-state index contributed by atoms with van der Waals surface area (Å²) in [6.07, 6.45) is -0.244. The monoisotopic (exact) mass is 549 g/mol. The maximum atomic E-state index is 13.9. The number of aromatic nitrogens is 3. The molecule has 0 spiro atoms. The van der Waals surface area contributed by atoms with E-state index in [4.69, 9.17) is 0 Å². The zero-order valence-corrected chi connectivity index (χ0v) is 21.0. The molecule has 2 radical (unpaired) electrons. The molecule has 6 nitrogen and oxygen atoms in total. The summed E-state index contributed by atoms with van der Waals surface area (Å²) < 4.78 is 54.8. The van der Waals surface area contributed by atoms with Crippen LogP contribution >= 0.6 is 0 Å². The Bertz CT molecular complexity index is 892. The van der Waals surface area contributed by atoms with E-state index in [0.717, 1.165) is 22.2 Å². The van der Waals surface area contributed by atoms with Gasteiger partial charge >= 0.3 is 190 Å². The van der Waals surface area contributed by atoms with Gasteiger partial charge in [0, 0.05) is 0 Å². The molecule has 2 heterocycles. The molecule has 1 amide bonds. The van der Waals surface area contributed by atoms with Gasteiger partial charge < -0.3 is 0 Å². The Morgan fingerprint density at radius 1 is 1.19 bits per heavy atom. The fourth-order valence-electron chi connectivity index (χ4n) is 2.54. The summed E-state index contributed by atoms with van der Waals surface area (Å²) in [5.74, 6) is -0.616. The van der Waals surface area contributed by atoms with Gasteiger partial charge in [-0.15, -0.1) is 0 Å². The molecule has 0 fully saturated rings. The third-order valence-corrected chi connectivity index (χ3v) is 7.73. The van der Waals surface area contributed by atoms with Crippen molar-refractivity contribution in [2.24, 2.45) is 0 Å². The third kappa shape index (κ3) is 8.30. The van der Waals surface area contributed by atoms with Gasteiger partial charge in [-0.05, 0) is 0 Å². The van der Waals surface area contributed by atoms with E-state index in [1.165, 1.54) is 18.6 Å². The van der Waals surface area contributed by atoms with Crippen molar-refractivity contribution in [1.29, 1.82) is 0 Å². The van der Waals surface area contributed by atoms with Crippen molar-refractivity contribution in [2.45, 2.75) is 62.9 Å². The average Bonchev–Trinajstić information content (AvgIpc) is 3.03. The Kier molecular flexibility index (Phi) is 8.34. The van der Waals surface area contributed by atoms with Gasteiger partial charge in [0.1, 0.15) is 0 Å². The van der Waals surface area contributed by atoms with E-state index in [-0.39, 0.29) is 8.99 Å². The van der Waals surface area contributed by atoms with Gasteiger partial charge in [0.2, 0.25) is 0 Å². The summed E-state index contributed by atoms with van der Waals surface area (Å²) in [6, 6.07) is 1.75. The molecule has 0 saturated heterocycles. The topological polar surface area (TPSA) is 71.8 Å². The van der Waals surface area contributed by atoms with E-state index in [0.29, 0.717) is 11.4 Å². The van der Waals surface area contributed by atoms with Crippen LogP contribution in [-0.2, 0) is 6.54 Å². The number of nitrogens with one attached hydrogen (secondary N) is 2. The molecule has 0 unspecified atom stereocenters. The second-order valence-electron chi connectivity index (χ2n) is 8.70. The Balaban J connectivity index is 2.27. The first-order valence-corrected chi connectivity index (χ1v) is 12.6. The molecule has 170 valence electrons. The van der Waals surface area contributed by atoms with Crippen LogP contribution < -0.4 is 14.3 Å². The molecule has 0 aliphatic heterocycles. The standard InChI is InChI=1S/C16H18F4N5O.C4H9.Sn/c1-16(2,20)13(17)7-22-15(26)11-6-21-4-3-12(11)24-10-5-23-25(8-10)9-14(18)19;1-4(2)3;/h3,5-6,8,13-14H,7,9H2,1-2H3,(H,21,24)(H,22,26);1-3H3;/t13-;;/m1../s1. The number of carbonyl (C=O) groups is 1. The van der Waals surface area contributed by atoms with Gasteiger partial charge in [0.05, 0.1) is 0 Å². The Morgan fingerprint density at radius 2 is 1.87 bits per heavy atom. The molecule has 0 aliphatic rings. The van der Waals surface area contributed by atoms with Crippen LogP contribution in [0.25, 0.3) is 0 Å². The van der Waals surface area contributed by atoms with Crippen LogP contribution in [-0.4, -0.2) is 66.6 Å².